The quantitative estimate of drug-likeness (QED) is 0.901. The summed E-state index contributed by atoms with van der Waals surface area (Å²) >= 11 is 0. The van der Waals surface area contributed by atoms with Crippen LogP contribution in [0.25, 0.3) is 0 Å². The maximum absolute atomic E-state index is 5.56. The number of hydrogen-bond donors (Lipinski definition) is 1. The van der Waals surface area contributed by atoms with Crippen molar-refractivity contribution < 1.29 is 9.47 Å². The number of amidine groups is 1. The predicted molar refractivity (Wildman–Crippen MR) is 75.4 cm³/mol. The Morgan fingerprint density at radius 3 is 2.84 bits per heavy atom. The SMILES string of the molecule is COc1ccc2c(c1OC)CC(C1=NCCN1)CC2. The Bertz CT molecular complexity index is 511. The van der Waals surface area contributed by atoms with E-state index in [0.29, 0.717) is 5.92 Å². The van der Waals surface area contributed by atoms with Gasteiger partial charge in [0.15, 0.2) is 11.5 Å². The monoisotopic (exact) mass is 260 g/mol. The van der Waals surface area contributed by atoms with Gasteiger partial charge in [0, 0.05) is 18.0 Å². The topological polar surface area (TPSA) is 42.9 Å². The first-order chi connectivity index (χ1) is 9.33. The molecule has 3 rings (SSSR count). The average molecular weight is 260 g/mol. The van der Waals surface area contributed by atoms with Crippen LogP contribution in [0.5, 0.6) is 11.5 Å². The fraction of sp³-hybridized carbons (Fsp3) is 0.533. The molecule has 0 radical (unpaired) electrons. The molecule has 102 valence electrons. The van der Waals surface area contributed by atoms with E-state index in [1.54, 1.807) is 14.2 Å². The van der Waals surface area contributed by atoms with E-state index in [1.165, 1.54) is 17.0 Å². The van der Waals surface area contributed by atoms with Crippen LogP contribution in [0.3, 0.4) is 0 Å². The molecule has 0 fully saturated rings. The van der Waals surface area contributed by atoms with Gasteiger partial charge in [0.25, 0.3) is 0 Å². The highest BCUT2D eigenvalue weighted by Gasteiger charge is 2.27. The molecule has 4 nitrogen and oxygen atoms in total. The van der Waals surface area contributed by atoms with Gasteiger partial charge in [0.1, 0.15) is 0 Å². The molecule has 0 saturated heterocycles. The fourth-order valence-corrected chi connectivity index (χ4v) is 3.09. The number of aryl methyl sites for hydroxylation is 1. The van der Waals surface area contributed by atoms with Gasteiger partial charge >= 0.3 is 0 Å². The zero-order valence-corrected chi connectivity index (χ0v) is 11.5. The maximum Gasteiger partial charge on any atom is 0.164 e. The molecular weight excluding hydrogens is 240 g/mol. The van der Waals surface area contributed by atoms with Crippen LogP contribution in [-0.2, 0) is 12.8 Å². The lowest BCUT2D eigenvalue weighted by atomic mass is 9.82. The smallest absolute Gasteiger partial charge is 0.164 e. The summed E-state index contributed by atoms with van der Waals surface area (Å²) in [5, 5.41) is 3.40. The summed E-state index contributed by atoms with van der Waals surface area (Å²) in [5.41, 5.74) is 2.67. The van der Waals surface area contributed by atoms with Crippen molar-refractivity contribution >= 4 is 5.84 Å². The molecule has 1 aromatic rings. The summed E-state index contributed by atoms with van der Waals surface area (Å²) in [6.45, 7) is 1.89. The Hall–Kier alpha value is -1.71. The number of nitrogens with one attached hydrogen (secondary N) is 1. The Balaban J connectivity index is 1.93. The third kappa shape index (κ3) is 2.15. The van der Waals surface area contributed by atoms with Crippen molar-refractivity contribution in [3.05, 3.63) is 23.3 Å². The van der Waals surface area contributed by atoms with Crippen molar-refractivity contribution in [1.29, 1.82) is 0 Å². The minimum Gasteiger partial charge on any atom is -0.493 e. The summed E-state index contributed by atoms with van der Waals surface area (Å²) in [7, 11) is 3.40. The highest BCUT2D eigenvalue weighted by Crippen LogP contribution is 2.39. The van der Waals surface area contributed by atoms with E-state index < -0.39 is 0 Å². The van der Waals surface area contributed by atoms with Crippen LogP contribution in [0.4, 0.5) is 0 Å². The minimum absolute atomic E-state index is 0.496. The van der Waals surface area contributed by atoms with Crippen LogP contribution in [0.15, 0.2) is 17.1 Å². The number of rotatable bonds is 3. The highest BCUT2D eigenvalue weighted by atomic mass is 16.5. The van der Waals surface area contributed by atoms with Crippen molar-refractivity contribution in [3.63, 3.8) is 0 Å². The summed E-state index contributed by atoms with van der Waals surface area (Å²) < 4.78 is 11.0. The largest absolute Gasteiger partial charge is 0.493 e. The lowest BCUT2D eigenvalue weighted by Gasteiger charge is -2.27. The molecule has 4 heteroatoms. The molecule has 0 saturated carbocycles. The van der Waals surface area contributed by atoms with Crippen molar-refractivity contribution in [1.82, 2.24) is 5.32 Å². The number of hydrogen-bond acceptors (Lipinski definition) is 4. The van der Waals surface area contributed by atoms with Gasteiger partial charge < -0.3 is 14.8 Å². The van der Waals surface area contributed by atoms with Crippen molar-refractivity contribution in [2.75, 3.05) is 27.3 Å². The number of ether oxygens (including phenoxy) is 2. The first kappa shape index (κ1) is 12.3. The molecule has 1 aliphatic carbocycles. The molecule has 0 bridgehead atoms. The maximum atomic E-state index is 5.56. The molecule has 19 heavy (non-hydrogen) atoms. The molecule has 2 aliphatic rings. The Morgan fingerprint density at radius 1 is 1.26 bits per heavy atom. The van der Waals surface area contributed by atoms with Crippen LogP contribution >= 0.6 is 0 Å². The number of aliphatic imine (C=N–C) groups is 1. The van der Waals surface area contributed by atoms with E-state index in [9.17, 15) is 0 Å². The van der Waals surface area contributed by atoms with E-state index >= 15 is 0 Å². The Morgan fingerprint density at radius 2 is 2.16 bits per heavy atom. The van der Waals surface area contributed by atoms with Gasteiger partial charge in [0.05, 0.1) is 26.6 Å². The van der Waals surface area contributed by atoms with Crippen LogP contribution in [0.2, 0.25) is 0 Å². The third-order valence-electron chi connectivity index (χ3n) is 4.04. The van der Waals surface area contributed by atoms with Gasteiger partial charge in [-0.05, 0) is 30.9 Å². The third-order valence-corrected chi connectivity index (χ3v) is 4.04. The lowest BCUT2D eigenvalue weighted by molar-refractivity contribution is 0.348. The lowest BCUT2D eigenvalue weighted by Crippen LogP contribution is -2.31. The van der Waals surface area contributed by atoms with Crippen molar-refractivity contribution in [3.8, 4) is 11.5 Å². The van der Waals surface area contributed by atoms with Gasteiger partial charge in [-0.15, -0.1) is 0 Å². The summed E-state index contributed by atoms with van der Waals surface area (Å²) in [6, 6.07) is 4.17. The minimum atomic E-state index is 0.496. The van der Waals surface area contributed by atoms with E-state index in [0.717, 1.165) is 43.9 Å². The fourth-order valence-electron chi connectivity index (χ4n) is 3.09. The molecule has 0 aromatic heterocycles. The Labute approximate surface area is 113 Å². The molecule has 1 unspecified atom stereocenters. The number of fused-ring (bicyclic) bond motifs is 1. The van der Waals surface area contributed by atoms with Crippen molar-refractivity contribution in [2.24, 2.45) is 10.9 Å². The van der Waals surface area contributed by atoms with Gasteiger partial charge in [0.2, 0.25) is 0 Å². The van der Waals surface area contributed by atoms with Gasteiger partial charge in [-0.1, -0.05) is 6.07 Å². The zero-order valence-electron chi connectivity index (χ0n) is 11.5. The molecule has 1 N–H and O–H groups in total. The standard InChI is InChI=1S/C15H20N2O2/c1-18-13-6-5-10-3-4-11(15-16-7-8-17-15)9-12(10)14(13)19-2/h5-6,11H,3-4,7-9H2,1-2H3,(H,16,17). The summed E-state index contributed by atoms with van der Waals surface area (Å²) in [5.74, 6) is 3.39. The summed E-state index contributed by atoms with van der Waals surface area (Å²) in [6.07, 6.45) is 3.23. The molecule has 1 atom stereocenters. The van der Waals surface area contributed by atoms with Gasteiger partial charge in [-0.3, -0.25) is 4.99 Å². The van der Waals surface area contributed by atoms with Crippen LogP contribution in [-0.4, -0.2) is 33.1 Å². The molecule has 1 aromatic carbocycles. The van der Waals surface area contributed by atoms with E-state index in [-0.39, 0.29) is 0 Å². The first-order valence-corrected chi connectivity index (χ1v) is 6.84. The zero-order chi connectivity index (χ0) is 13.2. The average Bonchev–Trinajstić information content (AvgIpc) is 2.99. The van der Waals surface area contributed by atoms with Crippen LogP contribution in [0.1, 0.15) is 17.5 Å². The van der Waals surface area contributed by atoms with E-state index in [4.69, 9.17) is 9.47 Å². The van der Waals surface area contributed by atoms with E-state index in [2.05, 4.69) is 16.4 Å². The van der Waals surface area contributed by atoms with Crippen LogP contribution < -0.4 is 14.8 Å². The number of nitrogens with zero attached hydrogens (tertiary/aromatic N) is 1. The number of methoxy groups -OCH3 is 2. The molecule has 1 aliphatic heterocycles. The van der Waals surface area contributed by atoms with E-state index in [1.807, 2.05) is 6.07 Å². The van der Waals surface area contributed by atoms with Crippen LogP contribution in [0, 0.1) is 5.92 Å². The van der Waals surface area contributed by atoms with Crippen molar-refractivity contribution in [2.45, 2.75) is 19.3 Å². The normalized spacial score (nSPS) is 21.4. The number of benzene rings is 1. The second-order valence-electron chi connectivity index (χ2n) is 5.07. The molecule has 0 amide bonds. The highest BCUT2D eigenvalue weighted by molar-refractivity contribution is 5.86. The first-order valence-electron chi connectivity index (χ1n) is 6.84. The summed E-state index contributed by atoms with van der Waals surface area (Å²) in [4.78, 5) is 4.56. The molecular formula is C15H20N2O2. The van der Waals surface area contributed by atoms with Gasteiger partial charge in [-0.2, -0.15) is 0 Å². The second-order valence-corrected chi connectivity index (χ2v) is 5.07. The Kier molecular flexibility index (Phi) is 3.32. The predicted octanol–water partition coefficient (Wildman–Crippen LogP) is 1.81. The molecule has 0 spiro atoms. The van der Waals surface area contributed by atoms with Gasteiger partial charge in [-0.25, -0.2) is 0 Å². The second kappa shape index (κ2) is 5.11. The molecule has 1 heterocycles.